The molecule has 0 bridgehead atoms. The Morgan fingerprint density at radius 3 is 2.25 bits per heavy atom. The number of benzene rings is 2. The van der Waals surface area contributed by atoms with E-state index in [0.29, 0.717) is 16.3 Å². The molecule has 2 aromatic rings. The number of hydrogen-bond donors (Lipinski definition) is 2. The molecule has 84 valence electrons. The molecule has 0 aliphatic heterocycles. The Bertz CT molecular complexity index is 631. The molecule has 2 N–H and O–H groups in total. The smallest absolute Gasteiger partial charge is 0.295 e. The molecule has 16 heavy (non-hydrogen) atoms. The van der Waals surface area contributed by atoms with E-state index in [4.69, 9.17) is 9.66 Å². The van der Waals surface area contributed by atoms with Crippen molar-refractivity contribution in [3.63, 3.8) is 0 Å². The highest BCUT2D eigenvalue weighted by molar-refractivity contribution is 7.86. The molecule has 0 unspecified atom stereocenters. The van der Waals surface area contributed by atoms with E-state index in [-0.39, 0.29) is 11.5 Å². The van der Waals surface area contributed by atoms with Crippen LogP contribution in [0.3, 0.4) is 0 Å². The van der Waals surface area contributed by atoms with Gasteiger partial charge in [0.15, 0.2) is 0 Å². The van der Waals surface area contributed by atoms with Gasteiger partial charge in [0.05, 0.1) is 6.61 Å². The second kappa shape index (κ2) is 3.86. The van der Waals surface area contributed by atoms with E-state index in [9.17, 15) is 8.42 Å². The Kier molecular flexibility index (Phi) is 2.67. The number of aliphatic hydroxyl groups is 1. The van der Waals surface area contributed by atoms with Crippen LogP contribution >= 0.6 is 0 Å². The van der Waals surface area contributed by atoms with Crippen LogP contribution in [-0.4, -0.2) is 18.1 Å². The highest BCUT2D eigenvalue weighted by Crippen LogP contribution is 2.25. The van der Waals surface area contributed by atoms with Crippen molar-refractivity contribution in [1.29, 1.82) is 0 Å². The molecule has 2 aromatic carbocycles. The Morgan fingerprint density at radius 2 is 1.62 bits per heavy atom. The molecule has 0 saturated carbocycles. The van der Waals surface area contributed by atoms with E-state index < -0.39 is 10.1 Å². The summed E-state index contributed by atoms with van der Waals surface area (Å²) in [5, 5.41) is 10.2. The SMILES string of the molecule is O=S(=O)(O)c1cccc2c(CO)cccc12. The molecule has 5 heteroatoms. The largest absolute Gasteiger partial charge is 0.392 e. The third kappa shape index (κ3) is 1.80. The zero-order valence-corrected chi connectivity index (χ0v) is 9.11. The van der Waals surface area contributed by atoms with E-state index in [1.54, 1.807) is 24.3 Å². The second-order valence-corrected chi connectivity index (χ2v) is 4.79. The molecule has 0 amide bonds. The van der Waals surface area contributed by atoms with Gasteiger partial charge in [-0.05, 0) is 17.0 Å². The second-order valence-electron chi connectivity index (χ2n) is 3.40. The highest BCUT2D eigenvalue weighted by Gasteiger charge is 2.14. The van der Waals surface area contributed by atoms with Crippen molar-refractivity contribution in [2.45, 2.75) is 11.5 Å². The lowest BCUT2D eigenvalue weighted by molar-refractivity contribution is 0.283. The minimum absolute atomic E-state index is 0.139. The third-order valence-corrected chi connectivity index (χ3v) is 3.33. The monoisotopic (exact) mass is 238 g/mol. The van der Waals surface area contributed by atoms with Gasteiger partial charge >= 0.3 is 0 Å². The third-order valence-electron chi connectivity index (χ3n) is 2.42. The summed E-state index contributed by atoms with van der Waals surface area (Å²) < 4.78 is 31.3. The Morgan fingerprint density at radius 1 is 1.00 bits per heavy atom. The normalized spacial score (nSPS) is 11.9. The number of aliphatic hydroxyl groups excluding tert-OH is 1. The van der Waals surface area contributed by atoms with Crippen LogP contribution in [0, 0.1) is 0 Å². The molecule has 4 nitrogen and oxygen atoms in total. The quantitative estimate of drug-likeness (QED) is 0.779. The lowest BCUT2D eigenvalue weighted by Crippen LogP contribution is -1.99. The first-order chi connectivity index (χ1) is 7.54. The summed E-state index contributed by atoms with van der Waals surface area (Å²) in [5.74, 6) is 0. The summed E-state index contributed by atoms with van der Waals surface area (Å²) in [6.07, 6.45) is 0. The van der Waals surface area contributed by atoms with E-state index in [0.717, 1.165) is 0 Å². The van der Waals surface area contributed by atoms with Gasteiger partial charge in [-0.2, -0.15) is 8.42 Å². The Hall–Kier alpha value is -1.43. The fourth-order valence-corrected chi connectivity index (χ4v) is 2.42. The van der Waals surface area contributed by atoms with Gasteiger partial charge in [-0.15, -0.1) is 0 Å². The van der Waals surface area contributed by atoms with Gasteiger partial charge < -0.3 is 5.11 Å². The van der Waals surface area contributed by atoms with Crippen LogP contribution < -0.4 is 0 Å². The van der Waals surface area contributed by atoms with Crippen LogP contribution in [0.5, 0.6) is 0 Å². The summed E-state index contributed by atoms with van der Waals surface area (Å²) >= 11 is 0. The first-order valence-corrected chi connectivity index (χ1v) is 6.07. The van der Waals surface area contributed by atoms with Gasteiger partial charge in [0.25, 0.3) is 10.1 Å². The first-order valence-electron chi connectivity index (χ1n) is 4.63. The van der Waals surface area contributed by atoms with E-state index in [2.05, 4.69) is 0 Å². The van der Waals surface area contributed by atoms with Crippen molar-refractivity contribution >= 4 is 20.9 Å². The Labute approximate surface area is 92.9 Å². The van der Waals surface area contributed by atoms with E-state index >= 15 is 0 Å². The summed E-state index contributed by atoms with van der Waals surface area (Å²) in [6, 6.07) is 9.51. The molecule has 0 atom stereocenters. The lowest BCUT2D eigenvalue weighted by atomic mass is 10.1. The van der Waals surface area contributed by atoms with Crippen LogP contribution in [-0.2, 0) is 16.7 Å². The molecular formula is C11H10O4S. The zero-order valence-electron chi connectivity index (χ0n) is 8.29. The topological polar surface area (TPSA) is 74.6 Å². The van der Waals surface area contributed by atoms with Crippen LogP contribution in [0.2, 0.25) is 0 Å². The van der Waals surface area contributed by atoms with Gasteiger partial charge in [0.2, 0.25) is 0 Å². The summed E-state index contributed by atoms with van der Waals surface area (Å²) in [7, 11) is -4.24. The molecule has 0 saturated heterocycles. The van der Waals surface area contributed by atoms with Crippen LogP contribution in [0.4, 0.5) is 0 Å². The average Bonchev–Trinajstić information content (AvgIpc) is 2.26. The Balaban J connectivity index is 2.90. The molecule has 0 aromatic heterocycles. The minimum atomic E-state index is -4.24. The fourth-order valence-electron chi connectivity index (χ4n) is 1.71. The van der Waals surface area contributed by atoms with Crippen LogP contribution in [0.1, 0.15) is 5.56 Å². The molecular weight excluding hydrogens is 228 g/mol. The molecule has 0 fully saturated rings. The van der Waals surface area contributed by atoms with Crippen molar-refractivity contribution in [2.75, 3.05) is 0 Å². The van der Waals surface area contributed by atoms with Crippen molar-refractivity contribution in [3.05, 3.63) is 42.0 Å². The predicted molar refractivity (Wildman–Crippen MR) is 59.7 cm³/mol. The first kappa shape index (κ1) is 11.1. The molecule has 0 heterocycles. The van der Waals surface area contributed by atoms with Crippen molar-refractivity contribution < 1.29 is 18.1 Å². The van der Waals surface area contributed by atoms with E-state index in [1.165, 1.54) is 12.1 Å². The van der Waals surface area contributed by atoms with E-state index in [1.807, 2.05) is 0 Å². The molecule has 2 rings (SSSR count). The van der Waals surface area contributed by atoms with Gasteiger partial charge in [-0.1, -0.05) is 30.3 Å². The zero-order chi connectivity index (χ0) is 11.8. The van der Waals surface area contributed by atoms with Gasteiger partial charge in [0.1, 0.15) is 4.90 Å². The van der Waals surface area contributed by atoms with Gasteiger partial charge in [-0.25, -0.2) is 0 Å². The minimum Gasteiger partial charge on any atom is -0.392 e. The standard InChI is InChI=1S/C11H10O4S/c12-7-8-3-1-5-10-9(8)4-2-6-11(10)16(13,14)15/h1-6,12H,7H2,(H,13,14,15). The van der Waals surface area contributed by atoms with Crippen LogP contribution in [0.25, 0.3) is 10.8 Å². The maximum Gasteiger partial charge on any atom is 0.295 e. The highest BCUT2D eigenvalue weighted by atomic mass is 32.2. The maximum atomic E-state index is 11.1. The summed E-state index contributed by atoms with van der Waals surface area (Å²) in [6.45, 7) is -0.174. The average molecular weight is 238 g/mol. The van der Waals surface area contributed by atoms with Crippen molar-refractivity contribution in [2.24, 2.45) is 0 Å². The molecule has 0 spiro atoms. The number of rotatable bonds is 2. The van der Waals surface area contributed by atoms with Crippen LogP contribution in [0.15, 0.2) is 41.3 Å². The summed E-state index contributed by atoms with van der Waals surface area (Å²) in [5.41, 5.74) is 0.628. The van der Waals surface area contributed by atoms with Gasteiger partial charge in [-0.3, -0.25) is 4.55 Å². The maximum absolute atomic E-state index is 11.1. The van der Waals surface area contributed by atoms with Crippen molar-refractivity contribution in [1.82, 2.24) is 0 Å². The molecule has 0 aliphatic carbocycles. The lowest BCUT2D eigenvalue weighted by Gasteiger charge is -2.06. The summed E-state index contributed by atoms with van der Waals surface area (Å²) in [4.78, 5) is -0.139. The number of fused-ring (bicyclic) bond motifs is 1. The fraction of sp³-hybridized carbons (Fsp3) is 0.0909. The molecule has 0 radical (unpaired) electrons. The van der Waals surface area contributed by atoms with Crippen molar-refractivity contribution in [3.8, 4) is 0 Å². The number of hydrogen-bond acceptors (Lipinski definition) is 3. The molecule has 0 aliphatic rings. The predicted octanol–water partition coefficient (Wildman–Crippen LogP) is 1.58. The van der Waals surface area contributed by atoms with Gasteiger partial charge in [0, 0.05) is 5.39 Å².